The van der Waals surface area contributed by atoms with E-state index in [0.29, 0.717) is 21.8 Å². The predicted octanol–water partition coefficient (Wildman–Crippen LogP) is 6.21. The lowest BCUT2D eigenvalue weighted by Gasteiger charge is -2.19. The highest BCUT2D eigenvalue weighted by atomic mass is 35.5. The fourth-order valence-corrected chi connectivity index (χ4v) is 3.83. The molecule has 4 aromatic rings. The number of rotatable bonds is 7. The van der Waals surface area contributed by atoms with E-state index in [4.69, 9.17) is 20.9 Å². The highest BCUT2D eigenvalue weighted by Crippen LogP contribution is 2.32. The van der Waals surface area contributed by atoms with Crippen LogP contribution < -0.4 is 10.6 Å². The molecule has 1 unspecified atom stereocenters. The molecule has 3 aromatic carbocycles. The van der Waals surface area contributed by atoms with Crippen LogP contribution >= 0.6 is 11.6 Å². The van der Waals surface area contributed by atoms with Crippen molar-refractivity contribution in [3.8, 4) is 11.1 Å². The van der Waals surface area contributed by atoms with Gasteiger partial charge in [-0.15, -0.1) is 0 Å². The van der Waals surface area contributed by atoms with E-state index in [2.05, 4.69) is 15.8 Å². The van der Waals surface area contributed by atoms with Crippen molar-refractivity contribution in [3.63, 3.8) is 0 Å². The van der Waals surface area contributed by atoms with Crippen molar-refractivity contribution in [1.82, 2.24) is 5.16 Å². The normalized spacial score (nSPS) is 11.5. The Hall–Kier alpha value is -4.10. The molecule has 0 aliphatic carbocycles. The Morgan fingerprint density at radius 1 is 0.971 bits per heavy atom. The van der Waals surface area contributed by atoms with Crippen LogP contribution in [-0.4, -0.2) is 24.1 Å². The van der Waals surface area contributed by atoms with E-state index in [9.17, 15) is 9.59 Å². The second-order valence-electron chi connectivity index (χ2n) is 7.53. The van der Waals surface area contributed by atoms with E-state index in [1.165, 1.54) is 19.4 Å². The van der Waals surface area contributed by atoms with Crippen molar-refractivity contribution < 1.29 is 18.8 Å². The zero-order chi connectivity index (χ0) is 24.1. The highest BCUT2D eigenvalue weighted by Gasteiger charge is 2.18. The Bertz CT molecular complexity index is 1300. The highest BCUT2D eigenvalue weighted by molar-refractivity contribution is 6.34. The van der Waals surface area contributed by atoms with Crippen LogP contribution in [0.25, 0.3) is 11.1 Å². The number of carbonyl (C=O) groups is 2. The number of aromatic nitrogens is 1. The van der Waals surface area contributed by atoms with Crippen LogP contribution in [0, 0.1) is 0 Å². The standard InChI is InChI=1S/C26H22ClN3O4/c1-16(28-21-8-3-4-9-22(21)29-25(31)23-14-15-34-30-23)17-10-12-18(13-11-17)19-6-5-7-20(27)24(19)26(32)33-2/h3-16,28H,1-2H3,(H,29,31). The quantitative estimate of drug-likeness (QED) is 0.309. The van der Waals surface area contributed by atoms with Crippen molar-refractivity contribution in [1.29, 1.82) is 0 Å². The minimum Gasteiger partial charge on any atom is -0.465 e. The zero-order valence-corrected chi connectivity index (χ0v) is 19.3. The van der Waals surface area contributed by atoms with Gasteiger partial charge in [0, 0.05) is 12.1 Å². The Morgan fingerprint density at radius 3 is 2.38 bits per heavy atom. The first-order valence-corrected chi connectivity index (χ1v) is 10.9. The third-order valence-electron chi connectivity index (χ3n) is 5.34. The van der Waals surface area contributed by atoms with Gasteiger partial charge in [-0.25, -0.2) is 4.79 Å². The first-order valence-electron chi connectivity index (χ1n) is 10.5. The number of methoxy groups -OCH3 is 1. The van der Waals surface area contributed by atoms with Gasteiger partial charge in [0.15, 0.2) is 5.69 Å². The lowest BCUT2D eigenvalue weighted by molar-refractivity contribution is 0.0601. The molecule has 0 aliphatic heterocycles. The van der Waals surface area contributed by atoms with Crippen LogP contribution in [0.3, 0.4) is 0 Å². The predicted molar refractivity (Wildman–Crippen MR) is 131 cm³/mol. The maximum absolute atomic E-state index is 12.4. The summed E-state index contributed by atoms with van der Waals surface area (Å²) in [7, 11) is 1.33. The molecule has 1 amide bonds. The Balaban J connectivity index is 1.53. The third kappa shape index (κ3) is 4.94. The molecule has 0 saturated heterocycles. The minimum absolute atomic E-state index is 0.0707. The number of benzene rings is 3. The molecule has 1 atom stereocenters. The summed E-state index contributed by atoms with van der Waals surface area (Å²) in [6.07, 6.45) is 1.35. The number of nitrogens with one attached hydrogen (secondary N) is 2. The number of esters is 1. The van der Waals surface area contributed by atoms with Gasteiger partial charge in [-0.3, -0.25) is 4.79 Å². The molecule has 2 N–H and O–H groups in total. The van der Waals surface area contributed by atoms with Crippen LogP contribution in [-0.2, 0) is 4.74 Å². The fraction of sp³-hybridized carbons (Fsp3) is 0.115. The van der Waals surface area contributed by atoms with Crippen LogP contribution in [0.2, 0.25) is 5.02 Å². The van der Waals surface area contributed by atoms with Crippen molar-refractivity contribution in [2.45, 2.75) is 13.0 Å². The topological polar surface area (TPSA) is 93.5 Å². The number of hydrogen-bond donors (Lipinski definition) is 2. The number of nitrogens with zero attached hydrogens (tertiary/aromatic N) is 1. The van der Waals surface area contributed by atoms with Gasteiger partial charge >= 0.3 is 5.97 Å². The van der Waals surface area contributed by atoms with Crippen molar-refractivity contribution in [2.75, 3.05) is 17.7 Å². The fourth-order valence-electron chi connectivity index (χ4n) is 3.58. The summed E-state index contributed by atoms with van der Waals surface area (Å²) in [4.78, 5) is 24.6. The van der Waals surface area contributed by atoms with Gasteiger partial charge in [0.05, 0.1) is 29.1 Å². The molecule has 1 heterocycles. The van der Waals surface area contributed by atoms with Gasteiger partial charge in [-0.1, -0.05) is 65.3 Å². The zero-order valence-electron chi connectivity index (χ0n) is 18.5. The van der Waals surface area contributed by atoms with Gasteiger partial charge in [0.1, 0.15) is 6.26 Å². The second kappa shape index (κ2) is 10.2. The van der Waals surface area contributed by atoms with Crippen molar-refractivity contribution in [3.05, 3.63) is 101 Å². The molecular formula is C26H22ClN3O4. The van der Waals surface area contributed by atoms with E-state index in [1.807, 2.05) is 61.5 Å². The van der Waals surface area contributed by atoms with Crippen molar-refractivity contribution in [2.24, 2.45) is 0 Å². The number of hydrogen-bond acceptors (Lipinski definition) is 6. The van der Waals surface area contributed by atoms with Crippen LogP contribution in [0.4, 0.5) is 11.4 Å². The SMILES string of the molecule is COC(=O)c1c(Cl)cccc1-c1ccc(C(C)Nc2ccccc2NC(=O)c2ccon2)cc1. The molecule has 0 fully saturated rings. The Morgan fingerprint density at radius 2 is 1.71 bits per heavy atom. The molecule has 0 aliphatic rings. The summed E-state index contributed by atoms with van der Waals surface area (Å²) < 4.78 is 9.64. The third-order valence-corrected chi connectivity index (χ3v) is 5.66. The van der Waals surface area contributed by atoms with E-state index in [-0.39, 0.29) is 17.6 Å². The van der Waals surface area contributed by atoms with Gasteiger partial charge in [0.25, 0.3) is 5.91 Å². The number of anilines is 2. The van der Waals surface area contributed by atoms with E-state index < -0.39 is 5.97 Å². The molecule has 1 aromatic heterocycles. The van der Waals surface area contributed by atoms with Crippen LogP contribution in [0.5, 0.6) is 0 Å². The first kappa shape index (κ1) is 23.1. The monoisotopic (exact) mass is 475 g/mol. The summed E-state index contributed by atoms with van der Waals surface area (Å²) in [5, 5.41) is 10.3. The number of carbonyl (C=O) groups excluding carboxylic acids is 2. The molecule has 0 radical (unpaired) electrons. The van der Waals surface area contributed by atoms with E-state index >= 15 is 0 Å². The van der Waals surface area contributed by atoms with E-state index in [1.54, 1.807) is 12.1 Å². The molecule has 0 bridgehead atoms. The smallest absolute Gasteiger partial charge is 0.340 e. The molecule has 7 nitrogen and oxygen atoms in total. The molecule has 34 heavy (non-hydrogen) atoms. The molecule has 0 spiro atoms. The lowest BCUT2D eigenvalue weighted by atomic mass is 9.97. The molecule has 172 valence electrons. The lowest BCUT2D eigenvalue weighted by Crippen LogP contribution is -2.15. The summed E-state index contributed by atoms with van der Waals surface area (Å²) in [6, 6.07) is 22.0. The van der Waals surface area contributed by atoms with Crippen LogP contribution in [0.15, 0.2) is 83.6 Å². The second-order valence-corrected chi connectivity index (χ2v) is 7.93. The first-order chi connectivity index (χ1) is 16.5. The molecular weight excluding hydrogens is 454 g/mol. The summed E-state index contributed by atoms with van der Waals surface area (Å²) in [6.45, 7) is 2.02. The van der Waals surface area contributed by atoms with Crippen LogP contribution in [0.1, 0.15) is 39.4 Å². The Kier molecular flexibility index (Phi) is 6.94. The maximum atomic E-state index is 12.4. The van der Waals surface area contributed by atoms with E-state index in [0.717, 1.165) is 16.8 Å². The average Bonchev–Trinajstić information content (AvgIpc) is 3.40. The minimum atomic E-state index is -0.482. The molecule has 4 rings (SSSR count). The summed E-state index contributed by atoms with van der Waals surface area (Å²) in [5.41, 5.74) is 4.49. The van der Waals surface area contributed by atoms with Gasteiger partial charge in [-0.2, -0.15) is 0 Å². The molecule has 0 saturated carbocycles. The number of para-hydroxylation sites is 2. The maximum Gasteiger partial charge on any atom is 0.340 e. The van der Waals surface area contributed by atoms with Crippen molar-refractivity contribution >= 4 is 34.9 Å². The summed E-state index contributed by atoms with van der Waals surface area (Å²) in [5.74, 6) is -0.841. The largest absolute Gasteiger partial charge is 0.465 e. The number of ether oxygens (including phenoxy) is 1. The number of halogens is 1. The van der Waals surface area contributed by atoms with Gasteiger partial charge in [-0.05, 0) is 41.8 Å². The van der Waals surface area contributed by atoms with Gasteiger partial charge < -0.3 is 19.9 Å². The number of amides is 1. The Labute approximate surface area is 201 Å². The molecule has 8 heteroatoms. The van der Waals surface area contributed by atoms with Gasteiger partial charge in [0.2, 0.25) is 0 Å². The summed E-state index contributed by atoms with van der Waals surface area (Å²) >= 11 is 6.26. The average molecular weight is 476 g/mol.